The van der Waals surface area contributed by atoms with Crippen LogP contribution in [0, 0.1) is 10.1 Å². The monoisotopic (exact) mass is 500 g/mol. The number of nitrogens with zero attached hydrogens (tertiary/aromatic N) is 5. The Morgan fingerprint density at radius 3 is 2.47 bits per heavy atom. The van der Waals surface area contributed by atoms with Gasteiger partial charge in [0.1, 0.15) is 17.2 Å². The highest BCUT2D eigenvalue weighted by atomic mass is 19.4. The van der Waals surface area contributed by atoms with E-state index in [1.54, 1.807) is 32.9 Å². The van der Waals surface area contributed by atoms with Gasteiger partial charge in [0.05, 0.1) is 28.6 Å². The number of non-ortho nitro benzene ring substituents is 1. The van der Waals surface area contributed by atoms with Crippen molar-refractivity contribution in [3.63, 3.8) is 0 Å². The number of carbonyl (C=O) groups excluding carboxylic acids is 1. The molecule has 3 aromatic heterocycles. The smallest absolute Gasteiger partial charge is 0.433 e. The zero-order chi connectivity index (χ0) is 26.3. The molecule has 36 heavy (non-hydrogen) atoms. The average Bonchev–Trinajstić information content (AvgIpc) is 3.22. The predicted octanol–water partition coefficient (Wildman–Crippen LogP) is 5.39. The second-order valence-corrected chi connectivity index (χ2v) is 8.79. The molecule has 0 aliphatic rings. The first-order chi connectivity index (χ1) is 16.8. The summed E-state index contributed by atoms with van der Waals surface area (Å²) in [6, 6.07) is 8.76. The molecular formula is C23H19F3N6O4. The first kappa shape index (κ1) is 24.6. The number of nitrogens with one attached hydrogen (secondary N) is 1. The summed E-state index contributed by atoms with van der Waals surface area (Å²) in [4.78, 5) is 31.7. The molecule has 3 heterocycles. The zero-order valence-electron chi connectivity index (χ0n) is 19.2. The molecule has 4 rings (SSSR count). The number of hydrogen-bond donors (Lipinski definition) is 1. The minimum atomic E-state index is -4.75. The number of hydrogen-bond acceptors (Lipinski definition) is 7. The van der Waals surface area contributed by atoms with Crippen molar-refractivity contribution < 1.29 is 27.6 Å². The summed E-state index contributed by atoms with van der Waals surface area (Å²) in [5.41, 5.74) is -2.53. The highest BCUT2D eigenvalue weighted by Gasteiger charge is 2.36. The van der Waals surface area contributed by atoms with Gasteiger partial charge in [-0.1, -0.05) is 20.8 Å². The van der Waals surface area contributed by atoms with Gasteiger partial charge in [0.25, 0.3) is 11.6 Å². The van der Waals surface area contributed by atoms with Crippen LogP contribution in [0.2, 0.25) is 0 Å². The highest BCUT2D eigenvalue weighted by molar-refractivity contribution is 6.03. The molecule has 0 atom stereocenters. The van der Waals surface area contributed by atoms with Gasteiger partial charge in [-0.15, -0.1) is 0 Å². The molecule has 0 fully saturated rings. The SMILES string of the molecule is CC(C)(C)c1cc(C(F)(F)F)n2nc(C(=O)Nc3cc(Oc4cccnc4)cc([N+](=O)[O-])c3)cc2n1. The number of amides is 1. The van der Waals surface area contributed by atoms with Crippen molar-refractivity contribution in [3.8, 4) is 11.5 Å². The molecule has 13 heteroatoms. The fraction of sp³-hybridized carbons (Fsp3) is 0.217. The van der Waals surface area contributed by atoms with E-state index in [2.05, 4.69) is 20.4 Å². The molecule has 1 aromatic carbocycles. The van der Waals surface area contributed by atoms with Crippen LogP contribution >= 0.6 is 0 Å². The van der Waals surface area contributed by atoms with E-state index < -0.39 is 28.1 Å². The van der Waals surface area contributed by atoms with Gasteiger partial charge < -0.3 is 10.1 Å². The van der Waals surface area contributed by atoms with E-state index in [0.29, 0.717) is 10.3 Å². The number of aromatic nitrogens is 4. The van der Waals surface area contributed by atoms with Crippen LogP contribution in [-0.4, -0.2) is 30.4 Å². The Kier molecular flexibility index (Phi) is 6.08. The van der Waals surface area contributed by atoms with Crippen molar-refractivity contribution in [3.05, 3.63) is 82.1 Å². The van der Waals surface area contributed by atoms with Gasteiger partial charge in [0, 0.05) is 29.8 Å². The third-order valence-corrected chi connectivity index (χ3v) is 4.95. The number of nitro benzene ring substituents is 1. The number of carbonyl (C=O) groups is 1. The summed E-state index contributed by atoms with van der Waals surface area (Å²) in [7, 11) is 0. The Balaban J connectivity index is 1.70. The van der Waals surface area contributed by atoms with Crippen LogP contribution in [0.15, 0.2) is 54.9 Å². The molecule has 1 N–H and O–H groups in total. The molecule has 0 bridgehead atoms. The maximum absolute atomic E-state index is 13.7. The minimum Gasteiger partial charge on any atom is -0.455 e. The third-order valence-electron chi connectivity index (χ3n) is 4.95. The lowest BCUT2D eigenvalue weighted by molar-refractivity contribution is -0.384. The third kappa shape index (κ3) is 5.24. The molecule has 186 valence electrons. The first-order valence-electron chi connectivity index (χ1n) is 10.5. The molecule has 0 saturated carbocycles. The predicted molar refractivity (Wildman–Crippen MR) is 122 cm³/mol. The number of ether oxygens (including phenoxy) is 1. The average molecular weight is 500 g/mol. The van der Waals surface area contributed by atoms with Crippen molar-refractivity contribution in [1.29, 1.82) is 0 Å². The Morgan fingerprint density at radius 2 is 1.86 bits per heavy atom. The standard InChI is InChI=1S/C23H19F3N6O4/c1-22(2,3)18-11-19(23(24,25)26)31-20(29-18)10-17(30-31)21(33)28-13-7-14(32(34)35)9-16(8-13)36-15-5-4-6-27-12-15/h4-12H,1-3H3,(H,28,33). The summed E-state index contributed by atoms with van der Waals surface area (Å²) in [6.45, 7) is 5.14. The Morgan fingerprint density at radius 1 is 1.11 bits per heavy atom. The van der Waals surface area contributed by atoms with Crippen LogP contribution < -0.4 is 10.1 Å². The maximum Gasteiger partial charge on any atom is 0.433 e. The van der Waals surface area contributed by atoms with Gasteiger partial charge >= 0.3 is 6.18 Å². The molecule has 4 aromatic rings. The summed E-state index contributed by atoms with van der Waals surface area (Å²) >= 11 is 0. The maximum atomic E-state index is 13.7. The van der Waals surface area contributed by atoms with E-state index in [1.807, 2.05) is 0 Å². The molecule has 0 aliphatic heterocycles. The number of nitro groups is 1. The summed E-state index contributed by atoms with van der Waals surface area (Å²) in [5.74, 6) is -0.548. The summed E-state index contributed by atoms with van der Waals surface area (Å²) < 4.78 is 47.3. The molecule has 0 unspecified atom stereocenters. The quantitative estimate of drug-likeness (QED) is 0.288. The number of rotatable bonds is 5. The van der Waals surface area contributed by atoms with Gasteiger partial charge in [-0.05, 0) is 18.2 Å². The normalized spacial score (nSPS) is 11.9. The number of halogens is 3. The van der Waals surface area contributed by atoms with Crippen LogP contribution in [0.25, 0.3) is 5.65 Å². The Hall–Kier alpha value is -4.55. The fourth-order valence-corrected chi connectivity index (χ4v) is 3.23. The largest absolute Gasteiger partial charge is 0.455 e. The molecule has 10 nitrogen and oxygen atoms in total. The first-order valence-corrected chi connectivity index (χ1v) is 10.5. The molecular weight excluding hydrogens is 481 g/mol. The van der Waals surface area contributed by atoms with E-state index >= 15 is 0 Å². The second-order valence-electron chi connectivity index (χ2n) is 8.79. The Labute approximate surface area is 201 Å². The number of benzene rings is 1. The lowest BCUT2D eigenvalue weighted by Gasteiger charge is -2.19. The Bertz CT molecular complexity index is 1460. The minimum absolute atomic E-state index is 0.0236. The van der Waals surface area contributed by atoms with E-state index in [9.17, 15) is 28.1 Å². The summed E-state index contributed by atoms with van der Waals surface area (Å²) in [5, 5.41) is 17.6. The number of anilines is 1. The van der Waals surface area contributed by atoms with Crippen LogP contribution in [0.4, 0.5) is 24.5 Å². The zero-order valence-corrected chi connectivity index (χ0v) is 19.2. The van der Waals surface area contributed by atoms with E-state index in [1.165, 1.54) is 18.5 Å². The van der Waals surface area contributed by atoms with Crippen LogP contribution in [0.3, 0.4) is 0 Å². The van der Waals surface area contributed by atoms with Crippen LogP contribution in [-0.2, 0) is 11.6 Å². The van der Waals surface area contributed by atoms with Gasteiger partial charge in [-0.3, -0.25) is 19.9 Å². The van der Waals surface area contributed by atoms with Gasteiger partial charge in [-0.2, -0.15) is 18.3 Å². The van der Waals surface area contributed by atoms with Crippen LogP contribution in [0.5, 0.6) is 11.5 Å². The molecule has 0 spiro atoms. The molecule has 0 radical (unpaired) electrons. The summed E-state index contributed by atoms with van der Waals surface area (Å²) in [6.07, 6.45) is -1.84. The number of alkyl halides is 3. The van der Waals surface area contributed by atoms with E-state index in [0.717, 1.165) is 24.3 Å². The van der Waals surface area contributed by atoms with Gasteiger partial charge in [0.2, 0.25) is 0 Å². The van der Waals surface area contributed by atoms with Crippen molar-refractivity contribution >= 4 is 22.9 Å². The van der Waals surface area contributed by atoms with Crippen molar-refractivity contribution in [1.82, 2.24) is 19.6 Å². The number of fused-ring (bicyclic) bond motifs is 1. The van der Waals surface area contributed by atoms with Crippen molar-refractivity contribution in [2.45, 2.75) is 32.4 Å². The second kappa shape index (κ2) is 8.91. The van der Waals surface area contributed by atoms with E-state index in [-0.39, 0.29) is 34.2 Å². The van der Waals surface area contributed by atoms with Crippen molar-refractivity contribution in [2.75, 3.05) is 5.32 Å². The molecule has 0 aliphatic carbocycles. The van der Waals surface area contributed by atoms with Gasteiger partial charge in [-0.25, -0.2) is 9.50 Å². The lowest BCUT2D eigenvalue weighted by atomic mass is 9.91. The van der Waals surface area contributed by atoms with E-state index in [4.69, 9.17) is 4.74 Å². The topological polar surface area (TPSA) is 125 Å². The molecule has 0 saturated heterocycles. The lowest BCUT2D eigenvalue weighted by Crippen LogP contribution is -2.20. The number of pyridine rings is 1. The van der Waals surface area contributed by atoms with Crippen molar-refractivity contribution in [2.24, 2.45) is 0 Å². The molecule has 1 amide bonds. The van der Waals surface area contributed by atoms with Gasteiger partial charge in [0.15, 0.2) is 11.3 Å². The fourth-order valence-electron chi connectivity index (χ4n) is 3.23. The highest BCUT2D eigenvalue weighted by Crippen LogP contribution is 2.33. The van der Waals surface area contributed by atoms with Crippen LogP contribution in [0.1, 0.15) is 42.6 Å².